The van der Waals surface area contributed by atoms with Crippen LogP contribution < -0.4 is 9.64 Å². The number of thioether (sulfide) groups is 1. The summed E-state index contributed by atoms with van der Waals surface area (Å²) in [5.74, 6) is 1.53. The number of carbonyl (C=O) groups excluding carboxylic acids is 2. The van der Waals surface area contributed by atoms with Gasteiger partial charge in [-0.1, -0.05) is 42.1 Å². The Kier molecular flexibility index (Phi) is 6.01. The van der Waals surface area contributed by atoms with E-state index in [1.165, 1.54) is 16.7 Å². The highest BCUT2D eigenvalue weighted by molar-refractivity contribution is 8.37. The monoisotopic (exact) mass is 440 g/mol. The van der Waals surface area contributed by atoms with Crippen LogP contribution in [0.1, 0.15) is 24.2 Å². The zero-order chi connectivity index (χ0) is 21.3. The van der Waals surface area contributed by atoms with Gasteiger partial charge in [-0.25, -0.2) is 0 Å². The fourth-order valence-corrected chi connectivity index (χ4v) is 7.60. The van der Waals surface area contributed by atoms with Crippen LogP contribution in [0.4, 0.5) is 5.69 Å². The van der Waals surface area contributed by atoms with Crippen molar-refractivity contribution < 1.29 is 14.3 Å². The lowest BCUT2D eigenvalue weighted by Crippen LogP contribution is -2.27. The molecule has 1 atom stereocenters. The van der Waals surface area contributed by atoms with Crippen LogP contribution in [-0.4, -0.2) is 46.9 Å². The number of fused-ring (bicyclic) bond motifs is 1. The van der Waals surface area contributed by atoms with E-state index in [9.17, 15) is 9.59 Å². The number of anilines is 1. The van der Waals surface area contributed by atoms with Crippen LogP contribution in [0.25, 0.3) is 0 Å². The molecule has 0 spiro atoms. The van der Waals surface area contributed by atoms with Crippen molar-refractivity contribution in [3.8, 4) is 5.75 Å². The summed E-state index contributed by atoms with van der Waals surface area (Å²) in [5, 5.41) is 0.712. The third kappa shape index (κ3) is 3.68. The van der Waals surface area contributed by atoms with Crippen molar-refractivity contribution in [1.82, 2.24) is 4.90 Å². The van der Waals surface area contributed by atoms with Crippen molar-refractivity contribution in [3.63, 3.8) is 0 Å². The maximum absolute atomic E-state index is 13.3. The molecular formula is C23H24N2O3S2. The molecule has 2 aromatic carbocycles. The van der Waals surface area contributed by atoms with Gasteiger partial charge in [-0.2, -0.15) is 0 Å². The van der Waals surface area contributed by atoms with Crippen molar-refractivity contribution in [2.24, 2.45) is 0 Å². The standard InChI is InChI=1S/C23H24N2O3S2/c1-4-24-15-30(20-12-11-17(28-3)13-18(20)24)23-22(27)25(5-2)21(29-23)14-19(26)16-9-7-6-8-10-16/h6-14H,4-5,15H2,1-3H3. The highest BCUT2D eigenvalue weighted by atomic mass is 32.2. The Hall–Kier alpha value is -2.51. The first kappa shape index (κ1) is 20.8. The van der Waals surface area contributed by atoms with E-state index in [1.54, 1.807) is 30.2 Å². The molecule has 2 aliphatic heterocycles. The third-order valence-electron chi connectivity index (χ3n) is 5.17. The zero-order valence-electron chi connectivity index (χ0n) is 17.3. The molecule has 0 saturated carbocycles. The molecule has 2 heterocycles. The van der Waals surface area contributed by atoms with Crippen molar-refractivity contribution in [1.29, 1.82) is 0 Å². The number of benzene rings is 2. The van der Waals surface area contributed by atoms with Gasteiger partial charge in [0.1, 0.15) is 9.95 Å². The third-order valence-corrected chi connectivity index (χ3v) is 9.00. The number of nitrogens with zero attached hydrogens (tertiary/aromatic N) is 2. The molecule has 2 aromatic rings. The number of carbonyl (C=O) groups is 2. The molecule has 1 amide bonds. The van der Waals surface area contributed by atoms with E-state index in [1.807, 2.05) is 37.3 Å². The van der Waals surface area contributed by atoms with Gasteiger partial charge in [-0.05, 0) is 26.0 Å². The number of hydrogen-bond acceptors (Lipinski definition) is 5. The van der Waals surface area contributed by atoms with E-state index in [0.717, 1.165) is 28.1 Å². The van der Waals surface area contributed by atoms with E-state index in [2.05, 4.69) is 17.9 Å². The lowest BCUT2D eigenvalue weighted by atomic mass is 10.1. The SMILES string of the molecule is CCN1C(=O)C(=S2CN(CC)c3cc(OC)ccc32)SC1=CC(=O)c1ccccc1. The summed E-state index contributed by atoms with van der Waals surface area (Å²) >= 11 is 1.45. The molecule has 1 fully saturated rings. The first-order valence-corrected chi connectivity index (χ1v) is 12.1. The fourth-order valence-electron chi connectivity index (χ4n) is 3.56. The Balaban J connectivity index is 1.74. The molecule has 0 aromatic heterocycles. The van der Waals surface area contributed by atoms with Gasteiger partial charge in [0.2, 0.25) is 0 Å². The molecule has 0 N–H and O–H groups in total. The highest BCUT2D eigenvalue weighted by Gasteiger charge is 2.36. The number of ketones is 1. The molecule has 0 aliphatic carbocycles. The topological polar surface area (TPSA) is 49.9 Å². The van der Waals surface area contributed by atoms with Crippen molar-refractivity contribution in [2.75, 3.05) is 31.0 Å². The summed E-state index contributed by atoms with van der Waals surface area (Å²) in [6.45, 7) is 5.46. The summed E-state index contributed by atoms with van der Waals surface area (Å²) in [4.78, 5) is 31.1. The Morgan fingerprint density at radius 2 is 1.93 bits per heavy atom. The van der Waals surface area contributed by atoms with Gasteiger partial charge >= 0.3 is 0 Å². The molecule has 30 heavy (non-hydrogen) atoms. The normalized spacial score (nSPS) is 20.8. The number of methoxy groups -OCH3 is 1. The van der Waals surface area contributed by atoms with E-state index in [-0.39, 0.29) is 22.2 Å². The lowest BCUT2D eigenvalue weighted by molar-refractivity contribution is -0.120. The number of rotatable bonds is 5. The smallest absolute Gasteiger partial charge is 0.271 e. The van der Waals surface area contributed by atoms with Crippen LogP contribution >= 0.6 is 22.2 Å². The predicted molar refractivity (Wildman–Crippen MR) is 126 cm³/mol. The average molecular weight is 441 g/mol. The summed E-state index contributed by atoms with van der Waals surface area (Å²) in [6.07, 6.45) is 1.60. The molecule has 7 heteroatoms. The van der Waals surface area contributed by atoms with Crippen molar-refractivity contribution >= 4 is 43.8 Å². The maximum atomic E-state index is 13.3. The summed E-state index contributed by atoms with van der Waals surface area (Å²) < 4.78 is 6.21. The first-order chi connectivity index (χ1) is 14.6. The molecular weight excluding hydrogens is 416 g/mol. The number of allylic oxidation sites excluding steroid dienone is 1. The van der Waals surface area contributed by atoms with Crippen LogP contribution in [0, 0.1) is 0 Å². The summed E-state index contributed by atoms with van der Waals surface area (Å²) in [7, 11) is 1.32. The fraction of sp³-hybridized carbons (Fsp3) is 0.261. The number of amides is 1. The minimum Gasteiger partial charge on any atom is -0.497 e. The largest absolute Gasteiger partial charge is 0.497 e. The van der Waals surface area contributed by atoms with E-state index in [0.29, 0.717) is 17.1 Å². The maximum Gasteiger partial charge on any atom is 0.271 e. The van der Waals surface area contributed by atoms with Gasteiger partial charge in [0.25, 0.3) is 5.91 Å². The van der Waals surface area contributed by atoms with Gasteiger partial charge in [0, 0.05) is 35.7 Å². The second-order valence-corrected chi connectivity index (χ2v) is 10.0. The van der Waals surface area contributed by atoms with Gasteiger partial charge in [-0.15, -0.1) is 10.5 Å². The van der Waals surface area contributed by atoms with Crippen molar-refractivity contribution in [2.45, 2.75) is 18.7 Å². The predicted octanol–water partition coefficient (Wildman–Crippen LogP) is 4.57. The van der Waals surface area contributed by atoms with Crippen LogP contribution in [0.2, 0.25) is 0 Å². The second-order valence-electron chi connectivity index (χ2n) is 6.86. The minimum atomic E-state index is -0.344. The van der Waals surface area contributed by atoms with E-state index >= 15 is 0 Å². The van der Waals surface area contributed by atoms with E-state index < -0.39 is 0 Å². The molecule has 156 valence electrons. The molecule has 0 bridgehead atoms. The van der Waals surface area contributed by atoms with Crippen LogP contribution in [0.15, 0.2) is 64.5 Å². The molecule has 0 radical (unpaired) electrons. The molecule has 2 aliphatic rings. The van der Waals surface area contributed by atoms with E-state index in [4.69, 9.17) is 4.74 Å². The Labute approximate surface area is 183 Å². The minimum absolute atomic E-state index is 0.0117. The average Bonchev–Trinajstić information content (AvgIpc) is 3.30. The highest BCUT2D eigenvalue weighted by Crippen LogP contribution is 2.50. The Bertz CT molecular complexity index is 1060. The van der Waals surface area contributed by atoms with Gasteiger partial charge in [-0.3, -0.25) is 9.59 Å². The van der Waals surface area contributed by atoms with Crippen LogP contribution in [0.3, 0.4) is 0 Å². The summed E-state index contributed by atoms with van der Waals surface area (Å²) in [5.41, 5.74) is 1.75. The molecule has 4 rings (SSSR count). The molecule has 1 unspecified atom stereocenters. The second kappa shape index (κ2) is 8.70. The zero-order valence-corrected chi connectivity index (χ0v) is 18.9. The van der Waals surface area contributed by atoms with Crippen LogP contribution in [-0.2, 0) is 4.79 Å². The molecule has 5 nitrogen and oxygen atoms in total. The van der Waals surface area contributed by atoms with Crippen LogP contribution in [0.5, 0.6) is 5.75 Å². The number of ether oxygens (including phenoxy) is 1. The van der Waals surface area contributed by atoms with Gasteiger partial charge in [0.15, 0.2) is 5.78 Å². The lowest BCUT2D eigenvalue weighted by Gasteiger charge is -2.16. The molecule has 1 saturated heterocycles. The number of hydrogen-bond donors (Lipinski definition) is 0. The first-order valence-electron chi connectivity index (χ1n) is 9.89. The Morgan fingerprint density at radius 1 is 1.17 bits per heavy atom. The Morgan fingerprint density at radius 3 is 2.60 bits per heavy atom. The quantitative estimate of drug-likeness (QED) is 0.387. The van der Waals surface area contributed by atoms with Crippen molar-refractivity contribution in [3.05, 3.63) is 65.2 Å². The summed E-state index contributed by atoms with van der Waals surface area (Å²) in [6, 6.07) is 15.2. The van der Waals surface area contributed by atoms with Gasteiger partial charge < -0.3 is 14.5 Å². The van der Waals surface area contributed by atoms with Gasteiger partial charge in [0.05, 0.1) is 23.7 Å².